The molecule has 1 fully saturated rings. The molecule has 1 aliphatic heterocycles. The molecule has 26 heavy (non-hydrogen) atoms. The number of hydrogen-bond acceptors (Lipinski definition) is 3. The SMILES string of the molecule is CC(C)CC(NC(=O)c1ccc(Cl)cc1)C(=O)N1CCCC(N(C)C)C1. The average Bonchev–Trinajstić information content (AvgIpc) is 2.60. The Kier molecular flexibility index (Phi) is 7.47. The topological polar surface area (TPSA) is 52.7 Å². The Morgan fingerprint density at radius 3 is 2.50 bits per heavy atom. The van der Waals surface area contributed by atoms with Gasteiger partial charge in [0.15, 0.2) is 0 Å². The summed E-state index contributed by atoms with van der Waals surface area (Å²) in [6.07, 6.45) is 2.72. The standard InChI is InChI=1S/C20H30ClN3O2/c1-14(2)12-18(22-19(25)15-7-9-16(21)10-8-15)20(26)24-11-5-6-17(13-24)23(3)4/h7-10,14,17-18H,5-6,11-13H2,1-4H3,(H,22,25). The van der Waals surface area contributed by atoms with Crippen molar-refractivity contribution >= 4 is 23.4 Å². The van der Waals surface area contributed by atoms with E-state index in [1.165, 1.54) is 0 Å². The summed E-state index contributed by atoms with van der Waals surface area (Å²) < 4.78 is 0. The summed E-state index contributed by atoms with van der Waals surface area (Å²) in [6.45, 7) is 5.60. The van der Waals surface area contributed by atoms with Crippen molar-refractivity contribution in [2.45, 2.75) is 45.2 Å². The molecule has 1 saturated heterocycles. The van der Waals surface area contributed by atoms with Gasteiger partial charge in [0.05, 0.1) is 0 Å². The van der Waals surface area contributed by atoms with Crippen LogP contribution < -0.4 is 5.32 Å². The van der Waals surface area contributed by atoms with E-state index in [0.29, 0.717) is 29.0 Å². The number of hydrogen-bond donors (Lipinski definition) is 1. The predicted molar refractivity (Wildman–Crippen MR) is 105 cm³/mol. The smallest absolute Gasteiger partial charge is 0.251 e. The molecule has 0 spiro atoms. The minimum Gasteiger partial charge on any atom is -0.340 e. The molecule has 0 saturated carbocycles. The first-order valence-electron chi connectivity index (χ1n) is 9.29. The fourth-order valence-electron chi connectivity index (χ4n) is 3.33. The molecule has 2 atom stereocenters. The van der Waals surface area contributed by atoms with E-state index in [9.17, 15) is 9.59 Å². The van der Waals surface area contributed by atoms with Gasteiger partial charge in [0.2, 0.25) is 5.91 Å². The molecular formula is C20H30ClN3O2. The summed E-state index contributed by atoms with van der Waals surface area (Å²) >= 11 is 5.89. The fourth-order valence-corrected chi connectivity index (χ4v) is 3.46. The summed E-state index contributed by atoms with van der Waals surface area (Å²) in [4.78, 5) is 29.7. The minimum absolute atomic E-state index is 0.0209. The van der Waals surface area contributed by atoms with Crippen LogP contribution in [0.5, 0.6) is 0 Å². The van der Waals surface area contributed by atoms with Gasteiger partial charge < -0.3 is 15.1 Å². The van der Waals surface area contributed by atoms with Crippen molar-refractivity contribution in [2.75, 3.05) is 27.2 Å². The average molecular weight is 380 g/mol. The van der Waals surface area contributed by atoms with Crippen LogP contribution in [0.4, 0.5) is 0 Å². The van der Waals surface area contributed by atoms with E-state index in [0.717, 1.165) is 25.9 Å². The number of carbonyl (C=O) groups is 2. The van der Waals surface area contributed by atoms with Gasteiger partial charge in [-0.1, -0.05) is 25.4 Å². The Balaban J connectivity index is 2.09. The Bertz CT molecular complexity index is 616. The van der Waals surface area contributed by atoms with Crippen LogP contribution >= 0.6 is 11.6 Å². The van der Waals surface area contributed by atoms with Crippen molar-refractivity contribution in [3.63, 3.8) is 0 Å². The molecule has 2 unspecified atom stereocenters. The van der Waals surface area contributed by atoms with E-state index in [-0.39, 0.29) is 11.8 Å². The van der Waals surface area contributed by atoms with Gasteiger partial charge in [-0.05, 0) is 63.5 Å². The van der Waals surface area contributed by atoms with Gasteiger partial charge in [0.1, 0.15) is 6.04 Å². The van der Waals surface area contributed by atoms with Gasteiger partial charge in [0.25, 0.3) is 5.91 Å². The third-order valence-electron chi connectivity index (χ3n) is 4.86. The van der Waals surface area contributed by atoms with Crippen molar-refractivity contribution in [3.05, 3.63) is 34.9 Å². The molecule has 2 rings (SSSR count). The third kappa shape index (κ3) is 5.71. The summed E-state index contributed by atoms with van der Waals surface area (Å²) in [5.41, 5.74) is 0.515. The number of nitrogens with one attached hydrogen (secondary N) is 1. The summed E-state index contributed by atoms with van der Waals surface area (Å²) in [7, 11) is 4.10. The van der Waals surface area contributed by atoms with Crippen LogP contribution in [0, 0.1) is 5.92 Å². The van der Waals surface area contributed by atoms with Crippen molar-refractivity contribution in [1.82, 2.24) is 15.1 Å². The third-order valence-corrected chi connectivity index (χ3v) is 5.11. The zero-order chi connectivity index (χ0) is 19.3. The normalized spacial score (nSPS) is 18.9. The van der Waals surface area contributed by atoms with Crippen LogP contribution in [0.2, 0.25) is 5.02 Å². The number of rotatable bonds is 6. The highest BCUT2D eigenvalue weighted by atomic mass is 35.5. The fraction of sp³-hybridized carbons (Fsp3) is 0.600. The van der Waals surface area contributed by atoms with Crippen LogP contribution in [-0.4, -0.2) is 60.9 Å². The maximum absolute atomic E-state index is 13.1. The molecule has 0 radical (unpaired) electrons. The number of piperidine rings is 1. The molecule has 6 heteroatoms. The van der Waals surface area contributed by atoms with Crippen molar-refractivity contribution in [3.8, 4) is 0 Å². The zero-order valence-electron chi connectivity index (χ0n) is 16.2. The molecule has 144 valence electrons. The molecule has 1 heterocycles. The van der Waals surface area contributed by atoms with Gasteiger partial charge in [-0.25, -0.2) is 0 Å². The second-order valence-corrected chi connectivity index (χ2v) is 8.14. The molecule has 2 amide bonds. The van der Waals surface area contributed by atoms with Gasteiger partial charge in [-0.2, -0.15) is 0 Å². The minimum atomic E-state index is -0.501. The molecule has 5 nitrogen and oxygen atoms in total. The zero-order valence-corrected chi connectivity index (χ0v) is 16.9. The van der Waals surface area contributed by atoms with Gasteiger partial charge in [0, 0.05) is 29.7 Å². The molecule has 1 aromatic rings. The Hall–Kier alpha value is -1.59. The molecule has 0 bridgehead atoms. The second-order valence-electron chi connectivity index (χ2n) is 7.71. The number of nitrogens with zero attached hydrogens (tertiary/aromatic N) is 2. The van der Waals surface area contributed by atoms with E-state index in [4.69, 9.17) is 11.6 Å². The van der Waals surface area contributed by atoms with Gasteiger partial charge >= 0.3 is 0 Å². The van der Waals surface area contributed by atoms with E-state index in [1.54, 1.807) is 24.3 Å². The number of amides is 2. The number of halogens is 1. The number of benzene rings is 1. The lowest BCUT2D eigenvalue weighted by Gasteiger charge is -2.38. The van der Waals surface area contributed by atoms with Crippen molar-refractivity contribution < 1.29 is 9.59 Å². The monoisotopic (exact) mass is 379 g/mol. The van der Waals surface area contributed by atoms with Crippen molar-refractivity contribution in [1.29, 1.82) is 0 Å². The first kappa shape index (κ1) is 20.7. The quantitative estimate of drug-likeness (QED) is 0.826. The summed E-state index contributed by atoms with van der Waals surface area (Å²) in [5.74, 6) is 0.0957. The van der Waals surface area contributed by atoms with Gasteiger partial charge in [-0.3, -0.25) is 9.59 Å². The van der Waals surface area contributed by atoms with E-state index < -0.39 is 6.04 Å². The maximum Gasteiger partial charge on any atom is 0.251 e. The Morgan fingerprint density at radius 1 is 1.27 bits per heavy atom. The highest BCUT2D eigenvalue weighted by Gasteiger charge is 2.31. The first-order chi connectivity index (χ1) is 12.3. The van der Waals surface area contributed by atoms with Gasteiger partial charge in [-0.15, -0.1) is 0 Å². The van der Waals surface area contributed by atoms with Crippen LogP contribution in [0.15, 0.2) is 24.3 Å². The van der Waals surface area contributed by atoms with Crippen molar-refractivity contribution in [2.24, 2.45) is 5.92 Å². The van der Waals surface area contributed by atoms with Crippen LogP contribution in [0.3, 0.4) is 0 Å². The van der Waals surface area contributed by atoms with Crippen LogP contribution in [0.25, 0.3) is 0 Å². The molecular weight excluding hydrogens is 350 g/mol. The van der Waals surface area contributed by atoms with E-state index in [1.807, 2.05) is 19.0 Å². The lowest BCUT2D eigenvalue weighted by Crippen LogP contribution is -2.54. The lowest BCUT2D eigenvalue weighted by atomic mass is 9.99. The van der Waals surface area contributed by atoms with Crippen LogP contribution in [0.1, 0.15) is 43.5 Å². The summed E-state index contributed by atoms with van der Waals surface area (Å²) in [5, 5.41) is 3.52. The Morgan fingerprint density at radius 2 is 1.92 bits per heavy atom. The van der Waals surface area contributed by atoms with Crippen LogP contribution in [-0.2, 0) is 4.79 Å². The number of likely N-dealkylation sites (N-methyl/N-ethyl adjacent to an activating group) is 1. The summed E-state index contributed by atoms with van der Waals surface area (Å²) in [6, 6.07) is 6.60. The second kappa shape index (κ2) is 9.38. The molecule has 0 aromatic heterocycles. The van der Waals surface area contributed by atoms with E-state index in [2.05, 4.69) is 24.1 Å². The number of carbonyl (C=O) groups excluding carboxylic acids is 2. The molecule has 1 aliphatic rings. The molecule has 0 aliphatic carbocycles. The first-order valence-corrected chi connectivity index (χ1v) is 9.67. The van der Waals surface area contributed by atoms with E-state index >= 15 is 0 Å². The maximum atomic E-state index is 13.1. The highest BCUT2D eigenvalue weighted by molar-refractivity contribution is 6.30. The largest absolute Gasteiger partial charge is 0.340 e. The predicted octanol–water partition coefficient (Wildman–Crippen LogP) is 3.04. The number of likely N-dealkylation sites (tertiary alicyclic amines) is 1. The molecule has 1 N–H and O–H groups in total. The molecule has 1 aromatic carbocycles. The lowest BCUT2D eigenvalue weighted by molar-refractivity contribution is -0.135. The highest BCUT2D eigenvalue weighted by Crippen LogP contribution is 2.17. The Labute approximate surface area is 161 Å².